The molecule has 2 aromatic rings. The Kier molecular flexibility index (Phi) is 7.01. The fourth-order valence-electron chi connectivity index (χ4n) is 2.08. The summed E-state index contributed by atoms with van der Waals surface area (Å²) in [5.74, 6) is 0.0183. The van der Waals surface area contributed by atoms with E-state index in [-0.39, 0.29) is 18.5 Å². The zero-order chi connectivity index (χ0) is 18.2. The van der Waals surface area contributed by atoms with Gasteiger partial charge in [0.25, 0.3) is 5.91 Å². The molecule has 0 radical (unpaired) electrons. The highest BCUT2D eigenvalue weighted by molar-refractivity contribution is 9.10. The van der Waals surface area contributed by atoms with Crippen molar-refractivity contribution >= 4 is 33.5 Å². The molecule has 0 aliphatic rings. The molecule has 0 saturated carbocycles. The molecular weight excluding hydrogens is 386 g/mol. The highest BCUT2D eigenvalue weighted by Crippen LogP contribution is 2.22. The third-order valence-electron chi connectivity index (χ3n) is 3.34. The summed E-state index contributed by atoms with van der Waals surface area (Å²) in [6.45, 7) is 4.14. The van der Waals surface area contributed by atoms with E-state index in [2.05, 4.69) is 21.2 Å². The molecule has 1 amide bonds. The Morgan fingerprint density at radius 1 is 1.12 bits per heavy atom. The van der Waals surface area contributed by atoms with E-state index in [9.17, 15) is 9.59 Å². The highest BCUT2D eigenvalue weighted by atomic mass is 79.9. The minimum atomic E-state index is -0.367. The molecule has 25 heavy (non-hydrogen) atoms. The molecule has 0 aliphatic carbocycles. The molecule has 2 rings (SSSR count). The van der Waals surface area contributed by atoms with E-state index >= 15 is 0 Å². The van der Waals surface area contributed by atoms with Gasteiger partial charge in [-0.15, -0.1) is 0 Å². The molecule has 0 aliphatic heterocycles. The molecule has 0 heterocycles. The molecule has 0 atom stereocenters. The summed E-state index contributed by atoms with van der Waals surface area (Å²) in [6.07, 6.45) is 0.776. The van der Waals surface area contributed by atoms with Gasteiger partial charge in [-0.05, 0) is 61.4 Å². The first-order valence-electron chi connectivity index (χ1n) is 7.95. The second-order valence-electron chi connectivity index (χ2n) is 5.46. The van der Waals surface area contributed by atoms with E-state index in [1.165, 1.54) is 0 Å². The number of benzene rings is 2. The maximum Gasteiger partial charge on any atom is 0.338 e. The summed E-state index contributed by atoms with van der Waals surface area (Å²) in [4.78, 5) is 23.7. The van der Waals surface area contributed by atoms with Crippen LogP contribution in [0.5, 0.6) is 5.75 Å². The Balaban J connectivity index is 1.87. The van der Waals surface area contributed by atoms with Crippen molar-refractivity contribution < 1.29 is 19.1 Å². The van der Waals surface area contributed by atoms with E-state index in [1.54, 1.807) is 24.3 Å². The zero-order valence-corrected chi connectivity index (χ0v) is 15.8. The first kappa shape index (κ1) is 19.0. The Morgan fingerprint density at radius 3 is 2.48 bits per heavy atom. The highest BCUT2D eigenvalue weighted by Gasteiger charge is 2.09. The van der Waals surface area contributed by atoms with E-state index in [0.29, 0.717) is 23.6 Å². The minimum absolute atomic E-state index is 0.0945. The summed E-state index contributed by atoms with van der Waals surface area (Å²) >= 11 is 3.38. The summed E-state index contributed by atoms with van der Waals surface area (Å²) in [6, 6.07) is 12.1. The van der Waals surface area contributed by atoms with Gasteiger partial charge in [-0.1, -0.05) is 22.9 Å². The number of ether oxygens (including phenoxy) is 2. The molecule has 0 unspecified atom stereocenters. The second-order valence-corrected chi connectivity index (χ2v) is 6.38. The van der Waals surface area contributed by atoms with Crippen molar-refractivity contribution in [1.29, 1.82) is 0 Å². The second kappa shape index (κ2) is 9.22. The number of hydrogen-bond donors (Lipinski definition) is 1. The molecule has 0 aromatic heterocycles. The van der Waals surface area contributed by atoms with Crippen LogP contribution in [0.3, 0.4) is 0 Å². The molecule has 5 nitrogen and oxygen atoms in total. The van der Waals surface area contributed by atoms with Crippen molar-refractivity contribution in [2.45, 2.75) is 20.3 Å². The van der Waals surface area contributed by atoms with Gasteiger partial charge in [0.15, 0.2) is 6.61 Å². The lowest BCUT2D eigenvalue weighted by atomic mass is 10.2. The molecule has 0 spiro atoms. The number of halogens is 1. The maximum absolute atomic E-state index is 12.0. The van der Waals surface area contributed by atoms with Gasteiger partial charge >= 0.3 is 5.97 Å². The summed E-state index contributed by atoms with van der Waals surface area (Å²) in [5.41, 5.74) is 1.98. The van der Waals surface area contributed by atoms with Gasteiger partial charge in [0.2, 0.25) is 0 Å². The molecule has 1 N–H and O–H groups in total. The van der Waals surface area contributed by atoms with Gasteiger partial charge < -0.3 is 14.8 Å². The van der Waals surface area contributed by atoms with Crippen LogP contribution >= 0.6 is 15.9 Å². The largest absolute Gasteiger partial charge is 0.483 e. The monoisotopic (exact) mass is 405 g/mol. The van der Waals surface area contributed by atoms with Crippen LogP contribution < -0.4 is 10.1 Å². The Bertz CT molecular complexity index is 744. The molecule has 2 aromatic carbocycles. The lowest BCUT2D eigenvalue weighted by Crippen LogP contribution is -2.20. The van der Waals surface area contributed by atoms with Crippen LogP contribution in [0.4, 0.5) is 5.69 Å². The maximum atomic E-state index is 12.0. The standard InChI is InChI=1S/C19H20BrNO4/c1-3-10-24-19(23)14-4-7-16(8-5-14)21-18(22)12-25-17-9-6-15(20)11-13(17)2/h4-9,11H,3,10,12H2,1-2H3,(H,21,22). The van der Waals surface area contributed by atoms with Crippen molar-refractivity contribution in [3.63, 3.8) is 0 Å². The number of nitrogens with one attached hydrogen (secondary N) is 1. The van der Waals surface area contributed by atoms with E-state index < -0.39 is 0 Å². The van der Waals surface area contributed by atoms with Crippen molar-refractivity contribution in [3.05, 3.63) is 58.1 Å². The fraction of sp³-hybridized carbons (Fsp3) is 0.263. The van der Waals surface area contributed by atoms with Crippen molar-refractivity contribution in [2.24, 2.45) is 0 Å². The van der Waals surface area contributed by atoms with Crippen molar-refractivity contribution in [1.82, 2.24) is 0 Å². The Morgan fingerprint density at radius 2 is 1.84 bits per heavy atom. The van der Waals surface area contributed by atoms with E-state index in [4.69, 9.17) is 9.47 Å². The predicted octanol–water partition coefficient (Wildman–Crippen LogP) is 4.34. The third kappa shape index (κ3) is 5.90. The quantitative estimate of drug-likeness (QED) is 0.695. The van der Waals surface area contributed by atoms with Gasteiger partial charge in [-0.3, -0.25) is 4.79 Å². The Labute approximate surface area is 155 Å². The van der Waals surface area contributed by atoms with Crippen LogP contribution in [0, 0.1) is 6.92 Å². The molecule has 0 saturated heterocycles. The molecule has 0 fully saturated rings. The molecule has 6 heteroatoms. The number of aryl methyl sites for hydroxylation is 1. The lowest BCUT2D eigenvalue weighted by molar-refractivity contribution is -0.118. The minimum Gasteiger partial charge on any atom is -0.483 e. The van der Waals surface area contributed by atoms with Gasteiger partial charge in [0.05, 0.1) is 12.2 Å². The molecule has 132 valence electrons. The summed E-state index contributed by atoms with van der Waals surface area (Å²) in [5, 5.41) is 2.73. The van der Waals surface area contributed by atoms with E-state index in [0.717, 1.165) is 16.5 Å². The Hall–Kier alpha value is -2.34. The van der Waals surface area contributed by atoms with Crippen LogP contribution in [0.15, 0.2) is 46.9 Å². The SMILES string of the molecule is CCCOC(=O)c1ccc(NC(=O)COc2ccc(Br)cc2C)cc1. The van der Waals surface area contributed by atoms with E-state index in [1.807, 2.05) is 32.0 Å². The van der Waals surface area contributed by atoms with Crippen molar-refractivity contribution in [2.75, 3.05) is 18.5 Å². The van der Waals surface area contributed by atoms with Gasteiger partial charge in [0, 0.05) is 10.2 Å². The first-order chi connectivity index (χ1) is 12.0. The number of hydrogen-bond acceptors (Lipinski definition) is 4. The topological polar surface area (TPSA) is 64.6 Å². The predicted molar refractivity (Wildman–Crippen MR) is 100 cm³/mol. The number of anilines is 1. The van der Waals surface area contributed by atoms with Crippen LogP contribution in [-0.2, 0) is 9.53 Å². The average molecular weight is 406 g/mol. The smallest absolute Gasteiger partial charge is 0.338 e. The fourth-order valence-corrected chi connectivity index (χ4v) is 2.56. The van der Waals surface area contributed by atoms with Crippen LogP contribution in [0.1, 0.15) is 29.3 Å². The van der Waals surface area contributed by atoms with Gasteiger partial charge in [-0.2, -0.15) is 0 Å². The lowest BCUT2D eigenvalue weighted by Gasteiger charge is -2.10. The molecule has 0 bridgehead atoms. The average Bonchev–Trinajstić information content (AvgIpc) is 2.59. The van der Waals surface area contributed by atoms with Crippen LogP contribution in [0.2, 0.25) is 0 Å². The normalized spacial score (nSPS) is 10.2. The van der Waals surface area contributed by atoms with Crippen molar-refractivity contribution in [3.8, 4) is 5.75 Å². The van der Waals surface area contributed by atoms with Gasteiger partial charge in [0.1, 0.15) is 5.75 Å². The van der Waals surface area contributed by atoms with Gasteiger partial charge in [-0.25, -0.2) is 4.79 Å². The summed E-state index contributed by atoms with van der Waals surface area (Å²) < 4.78 is 11.5. The van der Waals surface area contributed by atoms with Crippen LogP contribution in [-0.4, -0.2) is 25.1 Å². The molecular formula is C19H20BrNO4. The first-order valence-corrected chi connectivity index (χ1v) is 8.75. The third-order valence-corrected chi connectivity index (χ3v) is 3.83. The number of esters is 1. The number of amides is 1. The number of carbonyl (C=O) groups is 2. The summed E-state index contributed by atoms with van der Waals surface area (Å²) in [7, 11) is 0. The van der Waals surface area contributed by atoms with Crippen LogP contribution in [0.25, 0.3) is 0 Å². The zero-order valence-electron chi connectivity index (χ0n) is 14.2. The number of rotatable bonds is 7. The number of carbonyl (C=O) groups excluding carboxylic acids is 2.